The molecule has 2 fully saturated rings. The molecule has 5 rings (SSSR count). The van der Waals surface area contributed by atoms with Crippen LogP contribution in [-0.2, 0) is 104 Å². The highest BCUT2D eigenvalue weighted by Gasteiger charge is 2.45. The van der Waals surface area contributed by atoms with Crippen molar-refractivity contribution in [1.82, 2.24) is 84.2 Å². The molecule has 43 heteroatoms. The maximum atomic E-state index is 15.0. The maximum absolute atomic E-state index is 15.0. The lowest BCUT2D eigenvalue weighted by Crippen LogP contribution is -2.60. The second-order valence-corrected chi connectivity index (χ2v) is 30.6. The fourth-order valence-corrected chi connectivity index (χ4v) is 14.9. The maximum Gasteiger partial charge on any atom is 0.246 e. The van der Waals surface area contributed by atoms with Gasteiger partial charge in [0.25, 0.3) is 0 Å². The number of nitrogens with one attached hydrogen (secondary N) is 14. The van der Waals surface area contributed by atoms with Crippen molar-refractivity contribution in [2.45, 2.75) is 177 Å². The third-order valence-corrected chi connectivity index (χ3v) is 21.2. The normalized spacial score (nSPS) is 24.6. The van der Waals surface area contributed by atoms with Crippen molar-refractivity contribution in [3.8, 4) is 0 Å². The molecule has 0 radical (unpaired) electrons. The Balaban J connectivity index is 1.63. The predicted molar refractivity (Wildman–Crippen MR) is 409 cm³/mol. The first-order valence-electron chi connectivity index (χ1n) is 36.5. The van der Waals surface area contributed by atoms with E-state index in [0.29, 0.717) is 36.0 Å². The van der Waals surface area contributed by atoms with Crippen LogP contribution in [0.2, 0.25) is 0 Å². The smallest absolute Gasteiger partial charge is 0.246 e. The highest BCUT2D eigenvalue weighted by Crippen LogP contribution is 2.29. The van der Waals surface area contributed by atoms with Crippen molar-refractivity contribution >= 4 is 148 Å². The van der Waals surface area contributed by atoms with E-state index in [4.69, 9.17) is 28.7 Å². The molecule has 0 unspecified atom stereocenters. The molecule has 614 valence electrons. The molecule has 4 aliphatic heterocycles. The number of primary amides is 2. The lowest BCUT2D eigenvalue weighted by Gasteiger charge is -2.34. The van der Waals surface area contributed by atoms with Crippen LogP contribution in [0.1, 0.15) is 116 Å². The third kappa shape index (κ3) is 32.1. The van der Waals surface area contributed by atoms with Crippen molar-refractivity contribution in [3.05, 3.63) is 34.9 Å². The average molecular weight is 1620 g/mol. The molecule has 18 amide bonds. The van der Waals surface area contributed by atoms with Crippen LogP contribution in [0.25, 0.3) is 0 Å². The summed E-state index contributed by atoms with van der Waals surface area (Å²) in [6.45, 7) is 3.70. The van der Waals surface area contributed by atoms with Crippen LogP contribution in [0.4, 0.5) is 0 Å². The molecule has 0 aromatic heterocycles. The number of carbonyl (C=O) groups excluding carboxylic acids is 18. The number of thioether (sulfide) groups is 3. The molecular formula is C68H106N22O18S3. The van der Waals surface area contributed by atoms with E-state index in [-0.39, 0.29) is 105 Å². The lowest BCUT2D eigenvalue weighted by atomic mass is 9.96. The summed E-state index contributed by atoms with van der Waals surface area (Å²) in [5.41, 5.74) is 29.6. The van der Waals surface area contributed by atoms with Gasteiger partial charge < -0.3 is 113 Å². The summed E-state index contributed by atoms with van der Waals surface area (Å²) in [7, 11) is 0. The number of fused-ring (bicyclic) bond motifs is 7. The molecule has 40 nitrogen and oxygen atoms in total. The lowest BCUT2D eigenvalue weighted by molar-refractivity contribution is -0.148. The Morgan fingerprint density at radius 2 is 1.03 bits per heavy atom. The zero-order valence-electron chi connectivity index (χ0n) is 62.8. The Kier molecular flexibility index (Phi) is 38.4. The van der Waals surface area contributed by atoms with Crippen molar-refractivity contribution < 1.29 is 86.3 Å². The van der Waals surface area contributed by atoms with E-state index in [9.17, 15) is 86.3 Å². The number of guanidine groups is 1. The molecule has 1 aromatic carbocycles. The summed E-state index contributed by atoms with van der Waals surface area (Å²) >= 11 is 3.41. The molecule has 0 saturated carbocycles. The molecule has 11 atom stereocenters. The molecule has 0 spiro atoms. The van der Waals surface area contributed by atoms with Gasteiger partial charge in [-0.1, -0.05) is 52.3 Å². The minimum absolute atomic E-state index is 0.00501. The van der Waals surface area contributed by atoms with Crippen LogP contribution >= 0.6 is 35.3 Å². The number of benzene rings is 1. The van der Waals surface area contributed by atoms with E-state index in [0.717, 1.165) is 35.3 Å². The Bertz CT molecular complexity index is 3590. The van der Waals surface area contributed by atoms with E-state index < -0.39 is 225 Å². The number of aliphatic imine (C=N–C) groups is 1. The molecule has 2 saturated heterocycles. The SMILES string of the molecule is CC[C@H](C)[C@@H]1NC(=O)CNC(=O)[C@H](CCC(N)=O)NC(=O)[C@@H](NC(=O)[C@H](C)N)CSCc2cc3cc(c2)CSC[C@H](NC(=O)[C@@H]2CCCN2C(=O)[C@@H]2CCCN2C(=O)[C@H](CC(C)C)NC1=O)C(=O)NCC(=O)N[C@@H](CCCN=C(N)N)C(=O)NCC(=O)NCC(=O)NCC(=O)NCC(=O)N[C@H](C(=O)NCC(N)=O)CSC3. The first-order valence-corrected chi connectivity index (χ1v) is 39.9. The van der Waals surface area contributed by atoms with Gasteiger partial charge in [0.1, 0.15) is 54.4 Å². The van der Waals surface area contributed by atoms with Gasteiger partial charge in [0, 0.05) is 60.6 Å². The number of nitrogens with zero attached hydrogens (tertiary/aromatic N) is 3. The molecule has 4 heterocycles. The summed E-state index contributed by atoms with van der Waals surface area (Å²) in [6, 6.07) is -7.77. The zero-order valence-corrected chi connectivity index (χ0v) is 65.3. The predicted octanol–water partition coefficient (Wildman–Crippen LogP) is -8.15. The fraction of sp³-hybridized carbons (Fsp3) is 0.632. The van der Waals surface area contributed by atoms with Gasteiger partial charge in [0.15, 0.2) is 5.96 Å². The second-order valence-electron chi connectivity index (χ2n) is 27.5. The Hall–Kier alpha value is -10.0. The van der Waals surface area contributed by atoms with E-state index in [1.165, 1.54) is 16.7 Å². The Morgan fingerprint density at radius 3 is 1.58 bits per heavy atom. The first-order chi connectivity index (χ1) is 52.6. The van der Waals surface area contributed by atoms with Crippen LogP contribution in [0.15, 0.2) is 23.2 Å². The third-order valence-electron chi connectivity index (χ3n) is 17.9. The first kappa shape index (κ1) is 91.6. The molecular weight excluding hydrogens is 1510 g/mol. The average Bonchev–Trinajstić information content (AvgIpc) is 1.67. The minimum atomic E-state index is -1.54. The number of amides is 18. The number of rotatable bonds is 16. The zero-order chi connectivity index (χ0) is 82.0. The van der Waals surface area contributed by atoms with E-state index in [1.807, 2.05) is 13.8 Å². The van der Waals surface area contributed by atoms with Crippen molar-refractivity contribution in [1.29, 1.82) is 0 Å². The highest BCUT2D eigenvalue weighted by molar-refractivity contribution is 7.99. The summed E-state index contributed by atoms with van der Waals surface area (Å²) in [5.74, 6) is -16.3. The molecule has 111 heavy (non-hydrogen) atoms. The fourth-order valence-electron chi connectivity index (χ4n) is 11.9. The van der Waals surface area contributed by atoms with Gasteiger partial charge in [-0.3, -0.25) is 91.3 Å². The summed E-state index contributed by atoms with van der Waals surface area (Å²) < 4.78 is 0. The van der Waals surface area contributed by atoms with Crippen LogP contribution in [-0.4, -0.2) is 265 Å². The molecule has 4 aliphatic rings. The summed E-state index contributed by atoms with van der Waals surface area (Å²) in [6.07, 6.45) is 0.636. The van der Waals surface area contributed by atoms with Gasteiger partial charge in [-0.2, -0.15) is 35.3 Å². The number of nitrogens with two attached hydrogens (primary N) is 5. The Morgan fingerprint density at radius 1 is 0.532 bits per heavy atom. The van der Waals surface area contributed by atoms with E-state index in [1.54, 1.807) is 32.0 Å². The van der Waals surface area contributed by atoms with Crippen molar-refractivity contribution in [2.75, 3.05) is 82.7 Å². The number of carbonyl (C=O) groups is 18. The quantitative estimate of drug-likeness (QED) is 0.0415. The van der Waals surface area contributed by atoms with Gasteiger partial charge in [-0.05, 0) is 86.8 Å². The number of hydrogen-bond acceptors (Lipinski definition) is 23. The summed E-state index contributed by atoms with van der Waals surface area (Å²) in [4.78, 5) is 253. The minimum Gasteiger partial charge on any atom is -0.370 e. The van der Waals surface area contributed by atoms with Crippen molar-refractivity contribution in [2.24, 2.45) is 45.5 Å². The van der Waals surface area contributed by atoms with Crippen molar-refractivity contribution in [3.63, 3.8) is 0 Å². The van der Waals surface area contributed by atoms with Crippen LogP contribution in [0, 0.1) is 11.8 Å². The molecule has 24 N–H and O–H groups in total. The van der Waals surface area contributed by atoms with Gasteiger partial charge in [0.05, 0.1) is 51.9 Å². The van der Waals surface area contributed by atoms with E-state index >= 15 is 0 Å². The van der Waals surface area contributed by atoms with Gasteiger partial charge in [-0.15, -0.1) is 0 Å². The number of hydrogen-bond donors (Lipinski definition) is 19. The molecule has 0 aliphatic carbocycles. The second kappa shape index (κ2) is 46.6. The van der Waals surface area contributed by atoms with E-state index in [2.05, 4.69) is 79.4 Å². The van der Waals surface area contributed by atoms with Crippen LogP contribution in [0.5, 0.6) is 0 Å². The summed E-state index contributed by atoms with van der Waals surface area (Å²) in [5, 5.41) is 35.0. The van der Waals surface area contributed by atoms with Crippen LogP contribution < -0.4 is 103 Å². The van der Waals surface area contributed by atoms with Gasteiger partial charge in [0.2, 0.25) is 106 Å². The largest absolute Gasteiger partial charge is 0.370 e. The molecule has 4 bridgehead atoms. The standard InChI is InChI=1S/C68H106N22O18S3/c1-6-36(4)57-65(106)85-43(18-35(2)3)66(107)90-17-9-12-48(90)67(108)89-16-8-11-47(89)64(105)87-45-33-110-30-39-19-38(20-40(21-39)31-111-34-46(86-58(99)37(5)69)63(104)84-42(13-14-49(70)91)60(101)80-28-56(98)88-57)29-109-32-44(61(102)78-22-50(71)92)83-54(96)26-77-52(94)24-75-51(93)23-76-53(95)25-79-59(100)41(10-7-15-74-68(72)73)82-55(97)27-81-62(45)103/h19-21,35-37,41-48,57H,6-18,22-34,69H2,1-5H3,(H2,70,91)(H2,71,92)(H,75,93)(H,76,95)(H,77,94)(H,78,102)(H,79,100)(H,80,101)(H,81,103)(H,82,97)(H,83,96)(H,84,104)(H,85,106)(H,86,99)(H,87,105)(H,88,98)(H4,72,73,74)/t36-,37-,41-,42-,43-,44-,45-,46-,47-,48-,57-/m0/s1. The molecule has 1 aromatic rings. The topological polar surface area (TPSA) is 625 Å². The highest BCUT2D eigenvalue weighted by atomic mass is 32.2. The monoisotopic (exact) mass is 1610 g/mol. The van der Waals surface area contributed by atoms with Crippen LogP contribution in [0.3, 0.4) is 0 Å². The van der Waals surface area contributed by atoms with Gasteiger partial charge in [-0.25, -0.2) is 0 Å². The Labute approximate surface area is 654 Å². The van der Waals surface area contributed by atoms with Gasteiger partial charge >= 0.3 is 0 Å².